The highest BCUT2D eigenvalue weighted by atomic mass is 16.5. The molecule has 4 rings (SSSR count). The maximum absolute atomic E-state index is 9.63. The van der Waals surface area contributed by atoms with E-state index in [4.69, 9.17) is 4.74 Å². The van der Waals surface area contributed by atoms with Gasteiger partial charge in [0.25, 0.3) is 0 Å². The normalized spacial score (nSPS) is 49.8. The van der Waals surface area contributed by atoms with Crippen LogP contribution in [-0.2, 0) is 4.74 Å². The van der Waals surface area contributed by atoms with Crippen molar-refractivity contribution in [1.82, 2.24) is 0 Å². The zero-order valence-electron chi connectivity index (χ0n) is 14.5. The Kier molecular flexibility index (Phi) is 3.34. The molecular weight excluding hydrogens is 272 g/mol. The number of aliphatic hydroxyl groups excluding tert-OH is 1. The molecule has 3 aliphatic carbocycles. The Hall–Kier alpha value is -0.340. The van der Waals surface area contributed by atoms with Gasteiger partial charge in [-0.3, -0.25) is 0 Å². The minimum atomic E-state index is 0.217. The molecule has 1 spiro atoms. The maximum Gasteiger partial charge on any atom is 0.0694 e. The molecule has 2 unspecified atom stereocenters. The van der Waals surface area contributed by atoms with Crippen LogP contribution < -0.4 is 0 Å². The molecule has 0 aromatic carbocycles. The number of aliphatic hydroxyl groups is 1. The summed E-state index contributed by atoms with van der Waals surface area (Å²) in [4.78, 5) is 0. The number of rotatable bonds is 1. The average Bonchev–Trinajstić information content (AvgIpc) is 2.55. The molecule has 3 fully saturated rings. The van der Waals surface area contributed by atoms with Crippen LogP contribution in [0.5, 0.6) is 0 Å². The van der Waals surface area contributed by atoms with Gasteiger partial charge in [0.2, 0.25) is 0 Å². The highest BCUT2D eigenvalue weighted by molar-refractivity contribution is 5.20. The van der Waals surface area contributed by atoms with E-state index >= 15 is 0 Å². The van der Waals surface area contributed by atoms with Gasteiger partial charge in [-0.1, -0.05) is 33.3 Å². The van der Waals surface area contributed by atoms with Crippen molar-refractivity contribution < 1.29 is 9.84 Å². The standard InChI is InChI=1S/C20H32O2/c1-18(2)8-4-9-19(3)15(18)7-10-20-13-22-17(20)11-14(12-21)5-6-16(19)20/h5,15-17,21H,4,6-13H2,1-3H3/t15?,16?,17-,19+,20+/m1/s1. The molecule has 1 aliphatic heterocycles. The van der Waals surface area contributed by atoms with Gasteiger partial charge in [-0.2, -0.15) is 0 Å². The molecule has 2 saturated carbocycles. The van der Waals surface area contributed by atoms with Crippen LogP contribution in [0.2, 0.25) is 0 Å². The molecule has 5 atom stereocenters. The second kappa shape index (κ2) is 4.83. The van der Waals surface area contributed by atoms with Gasteiger partial charge >= 0.3 is 0 Å². The third-order valence-corrected chi connectivity index (χ3v) is 8.15. The van der Waals surface area contributed by atoms with Gasteiger partial charge in [-0.05, 0) is 66.8 Å². The second-order valence-corrected chi connectivity index (χ2v) is 9.48. The molecule has 1 heterocycles. The van der Waals surface area contributed by atoms with Gasteiger partial charge in [0.1, 0.15) is 0 Å². The Labute approximate surface area is 135 Å². The predicted molar refractivity (Wildman–Crippen MR) is 88.5 cm³/mol. The number of hydrogen-bond donors (Lipinski definition) is 1. The summed E-state index contributed by atoms with van der Waals surface area (Å²) in [6.45, 7) is 8.80. The van der Waals surface area contributed by atoms with Crippen molar-refractivity contribution in [2.24, 2.45) is 28.1 Å². The predicted octanol–water partition coefficient (Wildman–Crippen LogP) is 4.33. The van der Waals surface area contributed by atoms with Gasteiger partial charge in [-0.25, -0.2) is 0 Å². The van der Waals surface area contributed by atoms with Gasteiger partial charge in [-0.15, -0.1) is 0 Å². The van der Waals surface area contributed by atoms with Crippen LogP contribution in [0.15, 0.2) is 11.6 Å². The summed E-state index contributed by atoms with van der Waals surface area (Å²) in [6.07, 6.45) is 11.8. The Morgan fingerprint density at radius 2 is 2.00 bits per heavy atom. The fourth-order valence-electron chi connectivity index (χ4n) is 7.02. The Bertz CT molecular complexity index is 494. The van der Waals surface area contributed by atoms with E-state index in [-0.39, 0.29) is 6.61 Å². The molecule has 124 valence electrons. The minimum absolute atomic E-state index is 0.217. The third kappa shape index (κ3) is 1.86. The van der Waals surface area contributed by atoms with Crippen LogP contribution >= 0.6 is 0 Å². The summed E-state index contributed by atoms with van der Waals surface area (Å²) < 4.78 is 6.03. The number of allylic oxidation sites excluding steroid dienone is 1. The molecule has 0 aromatic rings. The van der Waals surface area contributed by atoms with Crippen molar-refractivity contribution in [3.8, 4) is 0 Å². The van der Waals surface area contributed by atoms with E-state index in [0.717, 1.165) is 24.9 Å². The lowest BCUT2D eigenvalue weighted by atomic mass is 9.41. The van der Waals surface area contributed by atoms with Gasteiger partial charge in [0, 0.05) is 5.41 Å². The van der Waals surface area contributed by atoms with Gasteiger partial charge in [0.05, 0.1) is 19.3 Å². The Morgan fingerprint density at radius 1 is 1.18 bits per heavy atom. The summed E-state index contributed by atoms with van der Waals surface area (Å²) in [7, 11) is 0. The summed E-state index contributed by atoms with van der Waals surface area (Å²) in [6, 6.07) is 0. The van der Waals surface area contributed by atoms with E-state index in [1.165, 1.54) is 44.1 Å². The fraction of sp³-hybridized carbons (Fsp3) is 0.900. The van der Waals surface area contributed by atoms with Crippen LogP contribution in [0.4, 0.5) is 0 Å². The molecule has 2 nitrogen and oxygen atoms in total. The first-order valence-electron chi connectivity index (χ1n) is 9.33. The van der Waals surface area contributed by atoms with Crippen LogP contribution in [-0.4, -0.2) is 24.4 Å². The molecular formula is C20H32O2. The molecule has 22 heavy (non-hydrogen) atoms. The highest BCUT2D eigenvalue weighted by Gasteiger charge is 2.65. The molecule has 2 heteroatoms. The number of ether oxygens (including phenoxy) is 1. The number of fused-ring (bicyclic) bond motifs is 2. The lowest BCUT2D eigenvalue weighted by molar-refractivity contribution is -0.270. The summed E-state index contributed by atoms with van der Waals surface area (Å²) in [5, 5.41) is 9.63. The zero-order valence-corrected chi connectivity index (χ0v) is 14.5. The van der Waals surface area contributed by atoms with Crippen molar-refractivity contribution >= 4 is 0 Å². The molecule has 1 N–H and O–H groups in total. The quantitative estimate of drug-likeness (QED) is 0.731. The summed E-state index contributed by atoms with van der Waals surface area (Å²) in [5.41, 5.74) is 2.58. The first-order chi connectivity index (χ1) is 10.4. The van der Waals surface area contributed by atoms with Gasteiger partial charge < -0.3 is 9.84 Å². The minimum Gasteiger partial charge on any atom is -0.392 e. The van der Waals surface area contributed by atoms with Crippen molar-refractivity contribution in [2.75, 3.05) is 13.2 Å². The summed E-state index contributed by atoms with van der Waals surface area (Å²) >= 11 is 0. The lowest BCUT2D eigenvalue weighted by Gasteiger charge is -2.67. The smallest absolute Gasteiger partial charge is 0.0694 e. The van der Waals surface area contributed by atoms with E-state index in [0.29, 0.717) is 22.3 Å². The highest BCUT2D eigenvalue weighted by Crippen LogP contribution is 2.69. The van der Waals surface area contributed by atoms with Crippen LogP contribution in [0.3, 0.4) is 0 Å². The van der Waals surface area contributed by atoms with Crippen molar-refractivity contribution in [3.63, 3.8) is 0 Å². The number of hydrogen-bond acceptors (Lipinski definition) is 2. The monoisotopic (exact) mass is 304 g/mol. The third-order valence-electron chi connectivity index (χ3n) is 8.15. The van der Waals surface area contributed by atoms with Gasteiger partial charge in [0.15, 0.2) is 0 Å². The Morgan fingerprint density at radius 3 is 2.68 bits per heavy atom. The maximum atomic E-state index is 9.63. The van der Waals surface area contributed by atoms with E-state index in [1.54, 1.807) is 0 Å². The Balaban J connectivity index is 1.74. The van der Waals surface area contributed by atoms with E-state index < -0.39 is 0 Å². The largest absolute Gasteiger partial charge is 0.392 e. The van der Waals surface area contributed by atoms with E-state index in [9.17, 15) is 5.11 Å². The first-order valence-corrected chi connectivity index (χ1v) is 9.33. The molecule has 4 aliphatic rings. The SMILES string of the molecule is CC1(C)CCC[C@@]2(C)C1CC[C@@]13CO[C@@H]1CC(CO)=CCC23. The average molecular weight is 304 g/mol. The van der Waals surface area contributed by atoms with Crippen molar-refractivity contribution in [3.05, 3.63) is 11.6 Å². The molecule has 1 saturated heterocycles. The molecule has 0 amide bonds. The molecule has 0 radical (unpaired) electrons. The van der Waals surface area contributed by atoms with Crippen molar-refractivity contribution in [2.45, 2.75) is 71.8 Å². The van der Waals surface area contributed by atoms with Crippen LogP contribution in [0, 0.1) is 28.1 Å². The van der Waals surface area contributed by atoms with E-state index in [1.807, 2.05) is 0 Å². The lowest BCUT2D eigenvalue weighted by Crippen LogP contribution is -2.65. The van der Waals surface area contributed by atoms with E-state index in [2.05, 4.69) is 26.8 Å². The van der Waals surface area contributed by atoms with Crippen molar-refractivity contribution in [1.29, 1.82) is 0 Å². The first kappa shape index (κ1) is 15.2. The topological polar surface area (TPSA) is 29.5 Å². The fourth-order valence-corrected chi connectivity index (χ4v) is 7.02. The second-order valence-electron chi connectivity index (χ2n) is 9.48. The summed E-state index contributed by atoms with van der Waals surface area (Å²) in [5.74, 6) is 1.61. The van der Waals surface area contributed by atoms with Crippen LogP contribution in [0.25, 0.3) is 0 Å². The zero-order chi connectivity index (χ0) is 15.6. The van der Waals surface area contributed by atoms with Crippen LogP contribution in [0.1, 0.15) is 65.7 Å². The molecule has 0 bridgehead atoms. The molecule has 0 aromatic heterocycles.